The summed E-state index contributed by atoms with van der Waals surface area (Å²) >= 11 is 0. The highest BCUT2D eigenvalue weighted by Gasteiger charge is 2.33. The molecule has 1 saturated heterocycles. The molecule has 22 heavy (non-hydrogen) atoms. The van der Waals surface area contributed by atoms with Gasteiger partial charge in [0.05, 0.1) is 6.61 Å². The van der Waals surface area contributed by atoms with E-state index in [0.29, 0.717) is 6.61 Å². The molecule has 0 spiro atoms. The number of ether oxygens (including phenoxy) is 1. The zero-order valence-electron chi connectivity index (χ0n) is 14.4. The van der Waals surface area contributed by atoms with E-state index in [9.17, 15) is 4.79 Å². The third kappa shape index (κ3) is 5.28. The van der Waals surface area contributed by atoms with Gasteiger partial charge < -0.3 is 9.84 Å². The number of carbonyl (C=O) groups excluding carboxylic acids is 1. The molecule has 0 aromatic carbocycles. The van der Waals surface area contributed by atoms with Gasteiger partial charge in [-0.15, -0.1) is 0 Å². The maximum atomic E-state index is 10.5. The number of aliphatic hydroxyl groups excluding tert-OH is 1. The Labute approximate surface area is 135 Å². The molecule has 126 valence electrons. The minimum absolute atomic E-state index is 0.146. The number of cyclic esters (lactones) is 1. The van der Waals surface area contributed by atoms with Crippen molar-refractivity contribution in [2.45, 2.75) is 58.8 Å². The van der Waals surface area contributed by atoms with Gasteiger partial charge in [0.15, 0.2) is 0 Å². The molecule has 3 heteroatoms. The van der Waals surface area contributed by atoms with Crippen LogP contribution < -0.4 is 0 Å². The van der Waals surface area contributed by atoms with Gasteiger partial charge in [-0.1, -0.05) is 38.0 Å². The zero-order valence-corrected chi connectivity index (χ0v) is 14.4. The second-order valence-corrected chi connectivity index (χ2v) is 6.52. The van der Waals surface area contributed by atoms with Gasteiger partial charge in [-0.25, -0.2) is 4.79 Å². The van der Waals surface area contributed by atoms with Crippen molar-refractivity contribution in [1.82, 2.24) is 0 Å². The SMILES string of the molecule is C/C=C1\CCOC1=O.C=C1CCC2C(CCC[C@@H]2C)C1.CO. The normalized spacial score (nSPS) is 32.2. The second-order valence-electron chi connectivity index (χ2n) is 6.52. The van der Waals surface area contributed by atoms with Crippen molar-refractivity contribution in [3.8, 4) is 0 Å². The first-order valence-electron chi connectivity index (χ1n) is 8.55. The van der Waals surface area contributed by atoms with E-state index >= 15 is 0 Å². The molecule has 2 unspecified atom stereocenters. The Balaban J connectivity index is 0.000000211. The number of allylic oxidation sites excluding steroid dienone is 2. The number of fused-ring (bicyclic) bond motifs is 1. The summed E-state index contributed by atoms with van der Waals surface area (Å²) < 4.78 is 4.65. The van der Waals surface area contributed by atoms with Gasteiger partial charge in [-0.2, -0.15) is 0 Å². The first-order valence-corrected chi connectivity index (χ1v) is 8.55. The average molecular weight is 308 g/mol. The van der Waals surface area contributed by atoms with E-state index in [0.717, 1.165) is 36.9 Å². The van der Waals surface area contributed by atoms with Gasteiger partial charge in [0.1, 0.15) is 0 Å². The van der Waals surface area contributed by atoms with Crippen molar-refractivity contribution in [1.29, 1.82) is 0 Å². The van der Waals surface area contributed by atoms with E-state index in [1.165, 1.54) is 44.1 Å². The predicted molar refractivity (Wildman–Crippen MR) is 90.5 cm³/mol. The van der Waals surface area contributed by atoms with E-state index in [1.807, 2.05) is 6.92 Å². The minimum atomic E-state index is -0.146. The molecule has 0 amide bonds. The Hall–Kier alpha value is -1.09. The number of esters is 1. The average Bonchev–Trinajstić information content (AvgIpc) is 2.95. The molecule has 1 aliphatic heterocycles. The highest BCUT2D eigenvalue weighted by atomic mass is 16.5. The maximum Gasteiger partial charge on any atom is 0.333 e. The van der Waals surface area contributed by atoms with E-state index in [2.05, 4.69) is 18.2 Å². The largest absolute Gasteiger partial charge is 0.462 e. The van der Waals surface area contributed by atoms with Crippen LogP contribution in [0.3, 0.4) is 0 Å². The molecule has 1 heterocycles. The van der Waals surface area contributed by atoms with E-state index < -0.39 is 0 Å². The lowest BCUT2D eigenvalue weighted by atomic mass is 9.65. The van der Waals surface area contributed by atoms with Gasteiger partial charge in [-0.05, 0) is 50.4 Å². The number of aliphatic hydroxyl groups is 1. The Kier molecular flexibility index (Phi) is 8.47. The molecule has 2 aliphatic carbocycles. The Morgan fingerprint density at radius 2 is 1.95 bits per heavy atom. The standard InChI is InChI=1S/C12H20.C6H8O2.CH4O/c1-9-6-7-12-10(2)4-3-5-11(12)8-9;1-2-5-3-4-8-6(5)7;1-2/h10-12H,1,3-8H2,2H3;2H,3-4H2,1H3;2H,1H3/b;5-2+;/t10-,11?,12?;;/m0../s1. The minimum Gasteiger partial charge on any atom is -0.462 e. The van der Waals surface area contributed by atoms with Crippen LogP contribution in [0.5, 0.6) is 0 Å². The summed E-state index contributed by atoms with van der Waals surface area (Å²) in [5.74, 6) is 2.91. The zero-order chi connectivity index (χ0) is 16.5. The molecule has 3 rings (SSSR count). The van der Waals surface area contributed by atoms with Crippen LogP contribution in [0.1, 0.15) is 58.8 Å². The molecule has 3 atom stereocenters. The van der Waals surface area contributed by atoms with Gasteiger partial charge in [0, 0.05) is 19.1 Å². The number of hydrogen-bond acceptors (Lipinski definition) is 3. The van der Waals surface area contributed by atoms with Crippen LogP contribution in [0.4, 0.5) is 0 Å². The predicted octanol–water partition coefficient (Wildman–Crippen LogP) is 4.27. The fourth-order valence-corrected chi connectivity index (χ4v) is 3.92. The highest BCUT2D eigenvalue weighted by molar-refractivity contribution is 5.90. The van der Waals surface area contributed by atoms with Gasteiger partial charge in [0.25, 0.3) is 0 Å². The van der Waals surface area contributed by atoms with Gasteiger partial charge >= 0.3 is 5.97 Å². The molecule has 0 aromatic rings. The number of carbonyl (C=O) groups is 1. The fourth-order valence-electron chi connectivity index (χ4n) is 3.92. The van der Waals surface area contributed by atoms with Crippen molar-refractivity contribution < 1.29 is 14.6 Å². The second kappa shape index (κ2) is 9.83. The lowest BCUT2D eigenvalue weighted by molar-refractivity contribution is -0.135. The Morgan fingerprint density at radius 1 is 1.23 bits per heavy atom. The van der Waals surface area contributed by atoms with Crippen molar-refractivity contribution >= 4 is 5.97 Å². The van der Waals surface area contributed by atoms with Crippen molar-refractivity contribution in [2.24, 2.45) is 17.8 Å². The van der Waals surface area contributed by atoms with Crippen molar-refractivity contribution in [3.05, 3.63) is 23.8 Å². The lowest BCUT2D eigenvalue weighted by Crippen LogP contribution is -2.29. The molecular weight excluding hydrogens is 276 g/mol. The molecule has 0 bridgehead atoms. The van der Waals surface area contributed by atoms with Crippen LogP contribution in [0, 0.1) is 17.8 Å². The van der Waals surface area contributed by atoms with Crippen LogP contribution in [0.25, 0.3) is 0 Å². The quantitative estimate of drug-likeness (QED) is 0.413. The first-order chi connectivity index (χ1) is 10.6. The summed E-state index contributed by atoms with van der Waals surface area (Å²) in [6.45, 7) is 9.00. The number of hydrogen-bond donors (Lipinski definition) is 1. The van der Waals surface area contributed by atoms with E-state index in [1.54, 1.807) is 6.08 Å². The van der Waals surface area contributed by atoms with Crippen LogP contribution in [-0.2, 0) is 9.53 Å². The number of rotatable bonds is 0. The molecule has 3 fully saturated rings. The third-order valence-corrected chi connectivity index (χ3v) is 5.17. The molecule has 3 aliphatic rings. The van der Waals surface area contributed by atoms with Crippen molar-refractivity contribution in [2.75, 3.05) is 13.7 Å². The third-order valence-electron chi connectivity index (χ3n) is 5.17. The van der Waals surface area contributed by atoms with Crippen LogP contribution in [-0.4, -0.2) is 24.8 Å². The Morgan fingerprint density at radius 3 is 2.50 bits per heavy atom. The fraction of sp³-hybridized carbons (Fsp3) is 0.737. The van der Waals surface area contributed by atoms with Crippen LogP contribution in [0.2, 0.25) is 0 Å². The molecule has 2 saturated carbocycles. The van der Waals surface area contributed by atoms with E-state index in [4.69, 9.17) is 5.11 Å². The topological polar surface area (TPSA) is 46.5 Å². The summed E-state index contributed by atoms with van der Waals surface area (Å²) in [6, 6.07) is 0. The monoisotopic (exact) mass is 308 g/mol. The first kappa shape index (κ1) is 19.0. The summed E-state index contributed by atoms with van der Waals surface area (Å²) in [5, 5.41) is 7.00. The molecule has 0 aromatic heterocycles. The summed E-state index contributed by atoms with van der Waals surface area (Å²) in [7, 11) is 1.00. The molecular formula is C19H32O3. The van der Waals surface area contributed by atoms with Gasteiger partial charge in [-0.3, -0.25) is 0 Å². The van der Waals surface area contributed by atoms with Gasteiger partial charge in [0.2, 0.25) is 0 Å². The Bertz CT molecular complexity index is 397. The maximum absolute atomic E-state index is 10.5. The molecule has 1 N–H and O–H groups in total. The molecule has 3 nitrogen and oxygen atoms in total. The lowest BCUT2D eigenvalue weighted by Gasteiger charge is -2.40. The van der Waals surface area contributed by atoms with E-state index in [-0.39, 0.29) is 5.97 Å². The summed E-state index contributed by atoms with van der Waals surface area (Å²) in [4.78, 5) is 10.5. The summed E-state index contributed by atoms with van der Waals surface area (Å²) in [6.07, 6.45) is 11.1. The van der Waals surface area contributed by atoms with Crippen LogP contribution in [0.15, 0.2) is 23.8 Å². The van der Waals surface area contributed by atoms with Crippen LogP contribution >= 0.6 is 0 Å². The smallest absolute Gasteiger partial charge is 0.333 e. The molecule has 0 radical (unpaired) electrons. The summed E-state index contributed by atoms with van der Waals surface area (Å²) in [5.41, 5.74) is 2.33. The highest BCUT2D eigenvalue weighted by Crippen LogP contribution is 2.44. The van der Waals surface area contributed by atoms with Crippen molar-refractivity contribution in [3.63, 3.8) is 0 Å².